The number of nitrogens with one attached hydrogen (secondary N) is 1. The van der Waals surface area contributed by atoms with Gasteiger partial charge in [0.05, 0.1) is 0 Å². The summed E-state index contributed by atoms with van der Waals surface area (Å²) in [5.41, 5.74) is 1.46. The van der Waals surface area contributed by atoms with E-state index >= 15 is 0 Å². The molecule has 3 heteroatoms. The van der Waals surface area contributed by atoms with Crippen LogP contribution in [0.4, 0.5) is 0 Å². The first kappa shape index (κ1) is 14.4. The highest BCUT2D eigenvalue weighted by Gasteiger charge is 2.25. The molecule has 2 aliphatic rings. The van der Waals surface area contributed by atoms with Gasteiger partial charge in [0.25, 0.3) is 0 Å². The summed E-state index contributed by atoms with van der Waals surface area (Å²) in [5, 5.41) is 3.75. The van der Waals surface area contributed by atoms with Crippen molar-refractivity contribution in [1.82, 2.24) is 10.2 Å². The molecule has 1 aromatic rings. The smallest absolute Gasteiger partial charge is 0.0235 e. The zero-order valence-corrected chi connectivity index (χ0v) is 13.1. The molecule has 2 heterocycles. The molecule has 0 saturated carbocycles. The van der Waals surface area contributed by atoms with E-state index in [9.17, 15) is 0 Å². The summed E-state index contributed by atoms with van der Waals surface area (Å²) in [7, 11) is 0. The molecule has 2 saturated heterocycles. The minimum atomic E-state index is 0.620. The van der Waals surface area contributed by atoms with Crippen LogP contribution in [0.1, 0.15) is 24.8 Å². The van der Waals surface area contributed by atoms with Crippen molar-refractivity contribution in [2.24, 2.45) is 0 Å². The van der Waals surface area contributed by atoms with Gasteiger partial charge in [-0.2, -0.15) is 11.8 Å². The van der Waals surface area contributed by atoms with Gasteiger partial charge < -0.3 is 5.32 Å². The molecule has 1 atom stereocenters. The van der Waals surface area contributed by atoms with Crippen molar-refractivity contribution in [3.8, 4) is 0 Å². The van der Waals surface area contributed by atoms with Crippen LogP contribution in [0.5, 0.6) is 0 Å². The first-order valence-corrected chi connectivity index (χ1v) is 9.16. The Hall–Kier alpha value is -0.510. The Morgan fingerprint density at radius 2 is 1.95 bits per heavy atom. The summed E-state index contributed by atoms with van der Waals surface area (Å²) in [5.74, 6) is 2.72. The van der Waals surface area contributed by atoms with Gasteiger partial charge in [-0.25, -0.2) is 0 Å². The van der Waals surface area contributed by atoms with Crippen molar-refractivity contribution in [2.75, 3.05) is 31.1 Å². The predicted molar refractivity (Wildman–Crippen MR) is 88.5 cm³/mol. The largest absolute Gasteiger partial charge is 0.312 e. The molecular formula is C17H26N2S. The summed E-state index contributed by atoms with van der Waals surface area (Å²) in [4.78, 5) is 2.77. The average Bonchev–Trinajstić information content (AvgIpc) is 2.75. The van der Waals surface area contributed by atoms with Gasteiger partial charge in [0, 0.05) is 18.6 Å². The number of thioether (sulfide) groups is 1. The molecular weight excluding hydrogens is 264 g/mol. The molecule has 1 aromatic carbocycles. The minimum Gasteiger partial charge on any atom is -0.312 e. The molecule has 1 N–H and O–H groups in total. The quantitative estimate of drug-likeness (QED) is 0.921. The van der Waals surface area contributed by atoms with Crippen molar-refractivity contribution in [3.05, 3.63) is 35.9 Å². The molecule has 0 amide bonds. The lowest BCUT2D eigenvalue weighted by atomic mass is 10.0. The van der Waals surface area contributed by atoms with Gasteiger partial charge in [0.1, 0.15) is 0 Å². The molecule has 1 unspecified atom stereocenters. The van der Waals surface area contributed by atoms with Crippen LogP contribution in [0.2, 0.25) is 0 Å². The van der Waals surface area contributed by atoms with E-state index in [0.717, 1.165) is 6.04 Å². The predicted octanol–water partition coefficient (Wildman–Crippen LogP) is 2.79. The Morgan fingerprint density at radius 3 is 2.75 bits per heavy atom. The Bertz CT molecular complexity index is 389. The lowest BCUT2D eigenvalue weighted by Crippen LogP contribution is -2.44. The number of nitrogens with zero attached hydrogens (tertiary/aromatic N) is 1. The number of hydrogen-bond acceptors (Lipinski definition) is 3. The molecule has 0 aromatic heterocycles. The molecule has 2 fully saturated rings. The van der Waals surface area contributed by atoms with Crippen LogP contribution in [-0.4, -0.2) is 48.1 Å². The van der Waals surface area contributed by atoms with Crippen LogP contribution >= 0.6 is 11.8 Å². The van der Waals surface area contributed by atoms with E-state index in [4.69, 9.17) is 0 Å². The monoisotopic (exact) mass is 290 g/mol. The average molecular weight is 290 g/mol. The first-order chi connectivity index (χ1) is 9.92. The molecule has 110 valence electrons. The highest BCUT2D eigenvalue weighted by Crippen LogP contribution is 2.23. The number of hydrogen-bond donors (Lipinski definition) is 1. The maximum Gasteiger partial charge on any atom is 0.0235 e. The van der Waals surface area contributed by atoms with Gasteiger partial charge in [0.2, 0.25) is 0 Å². The fourth-order valence-electron chi connectivity index (χ4n) is 3.44. The fourth-order valence-corrected chi connectivity index (χ4v) is 4.53. The lowest BCUT2D eigenvalue weighted by molar-refractivity contribution is 0.182. The van der Waals surface area contributed by atoms with E-state index in [0.29, 0.717) is 6.04 Å². The van der Waals surface area contributed by atoms with Gasteiger partial charge in [0.15, 0.2) is 0 Å². The molecule has 3 rings (SSSR count). The van der Waals surface area contributed by atoms with Crippen LogP contribution < -0.4 is 5.32 Å². The summed E-state index contributed by atoms with van der Waals surface area (Å²) in [6, 6.07) is 12.4. The summed E-state index contributed by atoms with van der Waals surface area (Å²) < 4.78 is 0. The SMILES string of the molecule is c1ccc(CC2CN(C3CCSCC3)CCCN2)cc1. The van der Waals surface area contributed by atoms with Crippen LogP contribution in [0, 0.1) is 0 Å². The van der Waals surface area contributed by atoms with Gasteiger partial charge in [-0.05, 0) is 55.8 Å². The zero-order valence-electron chi connectivity index (χ0n) is 12.3. The normalized spacial score (nSPS) is 26.3. The first-order valence-electron chi connectivity index (χ1n) is 8.01. The number of rotatable bonds is 3. The number of benzene rings is 1. The van der Waals surface area contributed by atoms with Crippen LogP contribution in [0.25, 0.3) is 0 Å². The highest BCUT2D eigenvalue weighted by atomic mass is 32.2. The topological polar surface area (TPSA) is 15.3 Å². The van der Waals surface area contributed by atoms with Gasteiger partial charge >= 0.3 is 0 Å². The second-order valence-electron chi connectivity index (χ2n) is 6.03. The van der Waals surface area contributed by atoms with E-state index in [1.54, 1.807) is 0 Å². The van der Waals surface area contributed by atoms with E-state index in [-0.39, 0.29) is 0 Å². The van der Waals surface area contributed by atoms with Crippen molar-refractivity contribution in [3.63, 3.8) is 0 Å². The third-order valence-electron chi connectivity index (χ3n) is 4.54. The van der Waals surface area contributed by atoms with Crippen molar-refractivity contribution < 1.29 is 0 Å². The van der Waals surface area contributed by atoms with E-state index in [1.807, 2.05) is 0 Å². The summed E-state index contributed by atoms with van der Waals surface area (Å²) in [6.07, 6.45) is 5.25. The van der Waals surface area contributed by atoms with Crippen LogP contribution in [0.3, 0.4) is 0 Å². The van der Waals surface area contributed by atoms with E-state index < -0.39 is 0 Å². The molecule has 0 aliphatic carbocycles. The van der Waals surface area contributed by atoms with Crippen LogP contribution in [0.15, 0.2) is 30.3 Å². The molecule has 0 radical (unpaired) electrons. The standard InChI is InChI=1S/C17H26N2S/c1-2-5-15(6-3-1)13-16-14-19(10-4-9-18-16)17-7-11-20-12-8-17/h1-3,5-6,16-18H,4,7-14H2. The van der Waals surface area contributed by atoms with Crippen LogP contribution in [-0.2, 0) is 6.42 Å². The Kier molecular flexibility index (Phi) is 5.40. The van der Waals surface area contributed by atoms with Gasteiger partial charge in [-0.3, -0.25) is 4.90 Å². The molecule has 0 spiro atoms. The van der Waals surface area contributed by atoms with Crippen molar-refractivity contribution in [2.45, 2.75) is 37.8 Å². The fraction of sp³-hybridized carbons (Fsp3) is 0.647. The van der Waals surface area contributed by atoms with E-state index in [1.165, 1.54) is 62.4 Å². The Labute approximate surface area is 127 Å². The third kappa shape index (κ3) is 4.00. The maximum atomic E-state index is 3.75. The third-order valence-corrected chi connectivity index (χ3v) is 5.59. The van der Waals surface area contributed by atoms with Gasteiger partial charge in [-0.15, -0.1) is 0 Å². The Balaban J connectivity index is 1.59. The summed E-state index contributed by atoms with van der Waals surface area (Å²) in [6.45, 7) is 3.69. The second kappa shape index (κ2) is 7.48. The molecule has 2 nitrogen and oxygen atoms in total. The maximum absolute atomic E-state index is 3.75. The lowest BCUT2D eigenvalue weighted by Gasteiger charge is -2.34. The van der Waals surface area contributed by atoms with Crippen molar-refractivity contribution in [1.29, 1.82) is 0 Å². The summed E-state index contributed by atoms with van der Waals surface area (Å²) >= 11 is 2.13. The highest BCUT2D eigenvalue weighted by molar-refractivity contribution is 7.99. The molecule has 0 bridgehead atoms. The van der Waals surface area contributed by atoms with E-state index in [2.05, 4.69) is 52.3 Å². The minimum absolute atomic E-state index is 0.620. The molecule has 20 heavy (non-hydrogen) atoms. The van der Waals surface area contributed by atoms with Gasteiger partial charge in [-0.1, -0.05) is 30.3 Å². The Morgan fingerprint density at radius 1 is 1.15 bits per heavy atom. The second-order valence-corrected chi connectivity index (χ2v) is 7.26. The zero-order chi connectivity index (χ0) is 13.6. The van der Waals surface area contributed by atoms with Crippen molar-refractivity contribution >= 4 is 11.8 Å². The molecule has 2 aliphatic heterocycles.